The summed E-state index contributed by atoms with van der Waals surface area (Å²) >= 11 is 5.85. The predicted molar refractivity (Wildman–Crippen MR) is 88.6 cm³/mol. The Kier molecular flexibility index (Phi) is 4.43. The highest BCUT2D eigenvalue weighted by atomic mass is 35.5. The molecule has 0 radical (unpaired) electrons. The number of aromatic hydroxyl groups is 1. The highest BCUT2D eigenvalue weighted by Gasteiger charge is 2.25. The van der Waals surface area contributed by atoms with Crippen LogP contribution in [0.3, 0.4) is 0 Å². The van der Waals surface area contributed by atoms with Crippen molar-refractivity contribution < 1.29 is 24.3 Å². The van der Waals surface area contributed by atoms with Crippen molar-refractivity contribution in [3.05, 3.63) is 40.7 Å². The fourth-order valence-corrected chi connectivity index (χ4v) is 2.41. The van der Waals surface area contributed by atoms with Crippen LogP contribution in [0.15, 0.2) is 28.8 Å². The molecular formula is C16H9ClN4O5. The maximum Gasteiger partial charge on any atom is 0.322 e. The van der Waals surface area contributed by atoms with Crippen LogP contribution in [0.4, 0.5) is 0 Å². The molecule has 0 aliphatic rings. The number of carbonyl (C=O) groups excluding carboxylic acids is 1. The number of hydrogen-bond donors (Lipinski definition) is 3. The second-order valence-corrected chi connectivity index (χ2v) is 5.52. The minimum Gasteiger partial charge on any atom is -0.505 e. The van der Waals surface area contributed by atoms with Gasteiger partial charge in [0.25, 0.3) is 5.91 Å². The zero-order valence-electron chi connectivity index (χ0n) is 12.9. The summed E-state index contributed by atoms with van der Waals surface area (Å²) in [5.74, 6) is -2.80. The number of halogens is 1. The monoisotopic (exact) mass is 372 g/mol. The van der Waals surface area contributed by atoms with Crippen LogP contribution < -0.4 is 5.32 Å². The SMILES string of the molecule is N#Cc1nc(C(=O)NCC(=O)O)c(O)c2c(-c3ccc(Cl)cc3)noc12. The lowest BCUT2D eigenvalue weighted by Crippen LogP contribution is -2.30. The lowest BCUT2D eigenvalue weighted by Gasteiger charge is -2.06. The van der Waals surface area contributed by atoms with Gasteiger partial charge in [-0.3, -0.25) is 9.59 Å². The van der Waals surface area contributed by atoms with E-state index in [4.69, 9.17) is 21.2 Å². The summed E-state index contributed by atoms with van der Waals surface area (Å²) in [5, 5.41) is 34.8. The number of nitriles is 1. The summed E-state index contributed by atoms with van der Waals surface area (Å²) in [7, 11) is 0. The van der Waals surface area contributed by atoms with Gasteiger partial charge < -0.3 is 20.1 Å². The van der Waals surface area contributed by atoms with Crippen molar-refractivity contribution in [2.24, 2.45) is 0 Å². The number of pyridine rings is 1. The average molecular weight is 373 g/mol. The molecule has 26 heavy (non-hydrogen) atoms. The number of benzene rings is 1. The maximum atomic E-state index is 12.1. The number of aromatic nitrogens is 2. The molecule has 3 N–H and O–H groups in total. The number of hydrogen-bond acceptors (Lipinski definition) is 7. The molecule has 3 rings (SSSR count). The number of nitrogens with zero attached hydrogens (tertiary/aromatic N) is 3. The molecular weight excluding hydrogens is 364 g/mol. The summed E-state index contributed by atoms with van der Waals surface area (Å²) in [4.78, 5) is 26.5. The first kappa shape index (κ1) is 17.2. The van der Waals surface area contributed by atoms with Crippen LogP contribution in [-0.4, -0.2) is 38.8 Å². The van der Waals surface area contributed by atoms with E-state index in [1.165, 1.54) is 0 Å². The molecule has 0 unspecified atom stereocenters. The minimum absolute atomic E-state index is 0.0133. The van der Waals surface area contributed by atoms with Crippen molar-refractivity contribution in [1.29, 1.82) is 5.26 Å². The Labute approximate surface area is 150 Å². The van der Waals surface area contributed by atoms with E-state index in [1.807, 2.05) is 0 Å². The summed E-state index contributed by atoms with van der Waals surface area (Å²) < 4.78 is 5.12. The zero-order valence-corrected chi connectivity index (χ0v) is 13.6. The number of aliphatic carboxylic acids is 1. The van der Waals surface area contributed by atoms with E-state index in [9.17, 15) is 20.0 Å². The Balaban J connectivity index is 2.20. The Morgan fingerprint density at radius 3 is 2.62 bits per heavy atom. The first-order valence-electron chi connectivity index (χ1n) is 7.10. The summed E-state index contributed by atoms with van der Waals surface area (Å²) in [6.45, 7) is -0.673. The molecule has 0 saturated heterocycles. The van der Waals surface area contributed by atoms with E-state index in [-0.39, 0.29) is 22.4 Å². The molecule has 0 fully saturated rings. The van der Waals surface area contributed by atoms with Crippen LogP contribution in [0.2, 0.25) is 5.02 Å². The molecule has 2 aromatic heterocycles. The molecule has 9 nitrogen and oxygen atoms in total. The molecule has 3 aromatic rings. The van der Waals surface area contributed by atoms with E-state index in [1.54, 1.807) is 30.3 Å². The molecule has 0 spiro atoms. The van der Waals surface area contributed by atoms with Gasteiger partial charge in [-0.15, -0.1) is 0 Å². The third-order valence-corrected chi connectivity index (χ3v) is 3.68. The number of carboxylic acid groups (broad SMARTS) is 1. The predicted octanol–water partition coefficient (Wildman–Crippen LogP) is 1.93. The third-order valence-electron chi connectivity index (χ3n) is 3.43. The van der Waals surface area contributed by atoms with Gasteiger partial charge in [0, 0.05) is 10.6 Å². The second kappa shape index (κ2) is 6.70. The van der Waals surface area contributed by atoms with Gasteiger partial charge in [0.1, 0.15) is 18.3 Å². The number of nitrogens with one attached hydrogen (secondary N) is 1. The van der Waals surface area contributed by atoms with Crippen LogP contribution in [-0.2, 0) is 4.79 Å². The lowest BCUT2D eigenvalue weighted by atomic mass is 10.1. The van der Waals surface area contributed by atoms with Crippen molar-refractivity contribution >= 4 is 34.4 Å². The van der Waals surface area contributed by atoms with E-state index in [0.29, 0.717) is 10.6 Å². The molecule has 0 atom stereocenters. The Morgan fingerprint density at radius 1 is 1.31 bits per heavy atom. The normalized spacial score (nSPS) is 10.5. The minimum atomic E-state index is -1.27. The first-order chi connectivity index (χ1) is 12.4. The van der Waals surface area contributed by atoms with Crippen molar-refractivity contribution in [2.75, 3.05) is 6.54 Å². The zero-order chi connectivity index (χ0) is 18.8. The standard InChI is InChI=1S/C16H9ClN4O5/c17-8-3-1-7(2-4-8)12-11-14(24)13(16(25)19-6-10(22)23)20-9(5-18)15(11)26-21-12/h1-4,24H,6H2,(H,19,25)(H,22,23). The second-order valence-electron chi connectivity index (χ2n) is 5.09. The average Bonchev–Trinajstić information content (AvgIpc) is 3.06. The van der Waals surface area contributed by atoms with Crippen LogP contribution in [0.5, 0.6) is 5.75 Å². The quantitative estimate of drug-likeness (QED) is 0.628. The first-order valence-corrected chi connectivity index (χ1v) is 7.48. The molecule has 130 valence electrons. The van der Waals surface area contributed by atoms with E-state index >= 15 is 0 Å². The Morgan fingerprint density at radius 2 is 2.00 bits per heavy atom. The summed E-state index contributed by atoms with van der Waals surface area (Å²) in [6, 6.07) is 8.20. The van der Waals surface area contributed by atoms with Crippen LogP contribution in [0.25, 0.3) is 22.2 Å². The molecule has 2 heterocycles. The Hall–Kier alpha value is -3.64. The fourth-order valence-electron chi connectivity index (χ4n) is 2.28. The lowest BCUT2D eigenvalue weighted by molar-refractivity contribution is -0.135. The summed E-state index contributed by atoms with van der Waals surface area (Å²) in [5.41, 5.74) is -0.166. The Bertz CT molecular complexity index is 1070. The van der Waals surface area contributed by atoms with Crippen molar-refractivity contribution in [1.82, 2.24) is 15.5 Å². The third kappa shape index (κ3) is 3.01. The van der Waals surface area contributed by atoms with Crippen molar-refractivity contribution in [3.8, 4) is 23.1 Å². The van der Waals surface area contributed by atoms with Gasteiger partial charge in [0.15, 0.2) is 17.1 Å². The van der Waals surface area contributed by atoms with Gasteiger partial charge in [-0.25, -0.2) is 4.98 Å². The maximum absolute atomic E-state index is 12.1. The highest BCUT2D eigenvalue weighted by molar-refractivity contribution is 6.30. The number of carbonyl (C=O) groups is 2. The smallest absolute Gasteiger partial charge is 0.322 e. The molecule has 0 aliphatic heterocycles. The summed E-state index contributed by atoms with van der Waals surface area (Å²) in [6.07, 6.45) is 0. The van der Waals surface area contributed by atoms with Gasteiger partial charge in [0.2, 0.25) is 5.58 Å². The van der Waals surface area contributed by atoms with Crippen LogP contribution in [0.1, 0.15) is 16.2 Å². The fraction of sp³-hybridized carbons (Fsp3) is 0.0625. The van der Waals surface area contributed by atoms with Crippen LogP contribution >= 0.6 is 11.6 Å². The molecule has 1 aromatic carbocycles. The topological polar surface area (TPSA) is 149 Å². The van der Waals surface area contributed by atoms with Gasteiger partial charge in [0.05, 0.1) is 5.39 Å². The van der Waals surface area contributed by atoms with Gasteiger partial charge >= 0.3 is 5.97 Å². The van der Waals surface area contributed by atoms with Gasteiger partial charge in [-0.05, 0) is 12.1 Å². The molecule has 10 heteroatoms. The van der Waals surface area contributed by atoms with Gasteiger partial charge in [-0.2, -0.15) is 5.26 Å². The molecule has 0 bridgehead atoms. The largest absolute Gasteiger partial charge is 0.505 e. The number of carboxylic acids is 1. The van der Waals surface area contributed by atoms with Crippen molar-refractivity contribution in [2.45, 2.75) is 0 Å². The van der Waals surface area contributed by atoms with E-state index < -0.39 is 29.9 Å². The molecule has 0 aliphatic carbocycles. The van der Waals surface area contributed by atoms with Crippen LogP contribution in [0, 0.1) is 11.3 Å². The number of rotatable bonds is 4. The molecule has 0 saturated carbocycles. The van der Waals surface area contributed by atoms with Gasteiger partial charge in [-0.1, -0.05) is 28.9 Å². The number of amides is 1. The molecule has 1 amide bonds. The van der Waals surface area contributed by atoms with E-state index in [0.717, 1.165) is 0 Å². The van der Waals surface area contributed by atoms with E-state index in [2.05, 4.69) is 15.5 Å². The highest BCUT2D eigenvalue weighted by Crippen LogP contribution is 2.37. The van der Waals surface area contributed by atoms with Crippen molar-refractivity contribution in [3.63, 3.8) is 0 Å². The number of fused-ring (bicyclic) bond motifs is 1.